The maximum absolute atomic E-state index is 13.2. The Morgan fingerprint density at radius 3 is 2.76 bits per heavy atom. The lowest BCUT2D eigenvalue weighted by molar-refractivity contribution is 0.0981. The molecule has 1 saturated heterocycles. The molecule has 11 heteroatoms. The molecule has 0 saturated carbocycles. The molecule has 0 bridgehead atoms. The summed E-state index contributed by atoms with van der Waals surface area (Å²) in [5.74, 6) is 1.45. The van der Waals surface area contributed by atoms with E-state index in [1.54, 1.807) is 36.5 Å². The third-order valence-corrected chi connectivity index (χ3v) is 8.23. The maximum atomic E-state index is 13.2. The van der Waals surface area contributed by atoms with Gasteiger partial charge in [0.25, 0.3) is 15.9 Å². The number of ether oxygens (including phenoxy) is 3. The largest absolute Gasteiger partial charge is 0.473 e. The van der Waals surface area contributed by atoms with Crippen LogP contribution in [0.4, 0.5) is 5.82 Å². The first-order valence-electron chi connectivity index (χ1n) is 11.9. The first kappa shape index (κ1) is 24.8. The van der Waals surface area contributed by atoms with Gasteiger partial charge in [0.1, 0.15) is 12.4 Å². The second kappa shape index (κ2) is 9.55. The van der Waals surface area contributed by atoms with Gasteiger partial charge < -0.3 is 19.1 Å². The predicted molar refractivity (Wildman–Crippen MR) is 135 cm³/mol. The number of rotatable bonds is 7. The zero-order chi connectivity index (χ0) is 26.2. The fourth-order valence-electron chi connectivity index (χ4n) is 4.44. The van der Waals surface area contributed by atoms with Crippen molar-refractivity contribution in [2.24, 2.45) is 5.92 Å². The van der Waals surface area contributed by atoms with Gasteiger partial charge in [-0.1, -0.05) is 19.1 Å². The molecule has 1 amide bonds. The molecule has 0 spiro atoms. The second-order valence-corrected chi connectivity index (χ2v) is 11.2. The van der Waals surface area contributed by atoms with Crippen molar-refractivity contribution in [3.63, 3.8) is 0 Å². The zero-order valence-corrected chi connectivity index (χ0v) is 21.6. The highest BCUT2D eigenvalue weighted by molar-refractivity contribution is 7.90. The molecule has 1 N–H and O–H groups in total. The van der Waals surface area contributed by atoms with Crippen molar-refractivity contribution in [3.8, 4) is 17.4 Å². The van der Waals surface area contributed by atoms with Gasteiger partial charge in [0.2, 0.25) is 12.7 Å². The van der Waals surface area contributed by atoms with Crippen LogP contribution in [-0.2, 0) is 16.6 Å². The summed E-state index contributed by atoms with van der Waals surface area (Å²) >= 11 is 0. The third kappa shape index (κ3) is 4.91. The van der Waals surface area contributed by atoms with Gasteiger partial charge in [-0.2, -0.15) is 13.4 Å². The van der Waals surface area contributed by atoms with Gasteiger partial charge in [-0.15, -0.1) is 0 Å². The molecular weight excluding hydrogens is 496 g/mol. The van der Waals surface area contributed by atoms with E-state index in [1.807, 2.05) is 6.07 Å². The topological polar surface area (TPSA) is 120 Å². The quantitative estimate of drug-likeness (QED) is 0.495. The zero-order valence-electron chi connectivity index (χ0n) is 20.8. The van der Waals surface area contributed by atoms with Gasteiger partial charge >= 0.3 is 0 Å². The molecule has 1 atom stereocenters. The van der Waals surface area contributed by atoms with Crippen LogP contribution in [0.2, 0.25) is 0 Å². The van der Waals surface area contributed by atoms with E-state index in [2.05, 4.69) is 40.4 Å². The van der Waals surface area contributed by atoms with Crippen molar-refractivity contribution in [1.82, 2.24) is 14.7 Å². The standard InChI is InChI=1S/C26H28N4O6S/c1-17-11-13-30(26(17,2)3)24-19(6-5-12-27-24)25(31)29-37(32,33)23-8-4-7-22(28-23)34-15-18-9-10-20-21(14-18)36-16-35-20/h4-10,12,14,17H,11,13,15-16H2,1-3H3,(H,29,31). The van der Waals surface area contributed by atoms with Crippen LogP contribution in [0, 0.1) is 5.92 Å². The summed E-state index contributed by atoms with van der Waals surface area (Å²) < 4.78 is 44.6. The molecule has 0 aliphatic carbocycles. The highest BCUT2D eigenvalue weighted by atomic mass is 32.2. The highest BCUT2D eigenvalue weighted by Crippen LogP contribution is 2.38. The van der Waals surface area contributed by atoms with Gasteiger partial charge in [0.15, 0.2) is 16.5 Å². The van der Waals surface area contributed by atoms with Crippen molar-refractivity contribution in [2.45, 2.75) is 44.4 Å². The monoisotopic (exact) mass is 524 g/mol. The molecule has 194 valence electrons. The third-order valence-electron chi connectivity index (χ3n) is 7.00. The number of hydrogen-bond acceptors (Lipinski definition) is 9. The number of nitrogens with one attached hydrogen (secondary N) is 1. The molecular formula is C26H28N4O6S. The van der Waals surface area contributed by atoms with Crippen LogP contribution in [0.1, 0.15) is 43.1 Å². The summed E-state index contributed by atoms with van der Waals surface area (Å²) in [4.78, 5) is 23.7. The van der Waals surface area contributed by atoms with Crippen LogP contribution in [0.25, 0.3) is 0 Å². The van der Waals surface area contributed by atoms with Crippen LogP contribution in [-0.4, -0.2) is 43.2 Å². The molecule has 2 aliphatic rings. The normalized spacial score (nSPS) is 18.0. The molecule has 4 heterocycles. The van der Waals surface area contributed by atoms with E-state index < -0.39 is 15.9 Å². The van der Waals surface area contributed by atoms with Gasteiger partial charge in [-0.25, -0.2) is 9.71 Å². The Kier molecular flexibility index (Phi) is 6.40. The van der Waals surface area contributed by atoms with Gasteiger partial charge in [-0.05, 0) is 62.1 Å². The summed E-state index contributed by atoms with van der Waals surface area (Å²) in [5, 5.41) is -0.329. The summed E-state index contributed by atoms with van der Waals surface area (Å²) in [6.45, 7) is 7.38. The second-order valence-electron chi connectivity index (χ2n) is 9.59. The lowest BCUT2D eigenvalue weighted by Gasteiger charge is -2.36. The number of benzene rings is 1. The van der Waals surface area contributed by atoms with Gasteiger partial charge in [-0.3, -0.25) is 4.79 Å². The SMILES string of the molecule is CC1CCN(c2ncccc2C(=O)NS(=O)(=O)c2cccc(OCc3ccc4c(c3)OCO4)n2)C1(C)C. The average Bonchev–Trinajstić information content (AvgIpc) is 3.45. The number of carbonyl (C=O) groups excluding carboxylic acids is 1. The van der Waals surface area contributed by atoms with Gasteiger partial charge in [0.05, 0.1) is 5.56 Å². The Bertz CT molecular complexity index is 1440. The van der Waals surface area contributed by atoms with Gasteiger partial charge in [0, 0.05) is 24.3 Å². The van der Waals surface area contributed by atoms with Crippen molar-refractivity contribution in [1.29, 1.82) is 0 Å². The van der Waals surface area contributed by atoms with Crippen molar-refractivity contribution >= 4 is 21.7 Å². The van der Waals surface area contributed by atoms with E-state index in [0.29, 0.717) is 23.2 Å². The molecule has 1 fully saturated rings. The van der Waals surface area contributed by atoms with Crippen LogP contribution in [0.5, 0.6) is 17.4 Å². The smallest absolute Gasteiger partial charge is 0.281 e. The molecule has 2 aromatic heterocycles. The van der Waals surface area contributed by atoms with E-state index in [1.165, 1.54) is 12.1 Å². The first-order chi connectivity index (χ1) is 17.6. The van der Waals surface area contributed by atoms with E-state index >= 15 is 0 Å². The van der Waals surface area contributed by atoms with Crippen LogP contribution < -0.4 is 23.8 Å². The summed E-state index contributed by atoms with van der Waals surface area (Å²) in [6, 6.07) is 12.9. The fourth-order valence-corrected chi connectivity index (χ4v) is 5.37. The van der Waals surface area contributed by atoms with Crippen molar-refractivity contribution in [2.75, 3.05) is 18.2 Å². The Balaban J connectivity index is 1.31. The molecule has 2 aliphatic heterocycles. The predicted octanol–water partition coefficient (Wildman–Crippen LogP) is 3.53. The Morgan fingerprint density at radius 1 is 1.16 bits per heavy atom. The lowest BCUT2D eigenvalue weighted by Crippen LogP contribution is -2.43. The summed E-state index contributed by atoms with van der Waals surface area (Å²) in [6.07, 6.45) is 2.55. The van der Waals surface area contributed by atoms with E-state index in [4.69, 9.17) is 14.2 Å². The van der Waals surface area contributed by atoms with E-state index in [0.717, 1.165) is 18.5 Å². The van der Waals surface area contributed by atoms with Crippen LogP contribution >= 0.6 is 0 Å². The minimum absolute atomic E-state index is 0.0999. The number of carbonyl (C=O) groups is 1. The first-order valence-corrected chi connectivity index (χ1v) is 13.4. The van der Waals surface area contributed by atoms with E-state index in [9.17, 15) is 13.2 Å². The Morgan fingerprint density at radius 2 is 1.97 bits per heavy atom. The number of hydrogen-bond donors (Lipinski definition) is 1. The maximum Gasteiger partial charge on any atom is 0.281 e. The van der Waals surface area contributed by atoms with Crippen LogP contribution in [0.15, 0.2) is 59.8 Å². The Labute approximate surface area is 215 Å². The van der Waals surface area contributed by atoms with Crippen LogP contribution in [0.3, 0.4) is 0 Å². The number of nitrogens with zero attached hydrogens (tertiary/aromatic N) is 3. The van der Waals surface area contributed by atoms with Crippen molar-refractivity contribution < 1.29 is 27.4 Å². The lowest BCUT2D eigenvalue weighted by atomic mass is 9.90. The minimum atomic E-state index is -4.27. The number of sulfonamides is 1. The molecule has 1 aromatic carbocycles. The molecule has 3 aromatic rings. The number of amides is 1. The molecule has 5 rings (SSSR count). The number of fused-ring (bicyclic) bond motifs is 1. The minimum Gasteiger partial charge on any atom is -0.473 e. The average molecular weight is 525 g/mol. The summed E-state index contributed by atoms with van der Waals surface area (Å²) in [5.41, 5.74) is 0.757. The number of anilines is 1. The number of pyridine rings is 2. The molecule has 1 unspecified atom stereocenters. The fraction of sp³-hybridized carbons (Fsp3) is 0.346. The molecule has 37 heavy (non-hydrogen) atoms. The number of aromatic nitrogens is 2. The Hall–Kier alpha value is -3.86. The molecule has 0 radical (unpaired) electrons. The molecule has 10 nitrogen and oxygen atoms in total. The van der Waals surface area contributed by atoms with Crippen molar-refractivity contribution in [3.05, 3.63) is 65.9 Å². The van der Waals surface area contributed by atoms with E-state index in [-0.39, 0.29) is 35.4 Å². The highest BCUT2D eigenvalue weighted by Gasteiger charge is 2.40. The summed E-state index contributed by atoms with van der Waals surface area (Å²) in [7, 11) is -4.27.